The molecule has 1 aliphatic heterocycles. The minimum absolute atomic E-state index is 0.181. The summed E-state index contributed by atoms with van der Waals surface area (Å²) in [5.74, 6) is -0.412. The SMILES string of the molecule is O=C(CCCCCN1CC[CH]CC1)c1ccccc1C(F)(F)F. The van der Waals surface area contributed by atoms with Crippen LogP contribution in [-0.4, -0.2) is 30.3 Å². The van der Waals surface area contributed by atoms with Gasteiger partial charge in [-0.2, -0.15) is 13.2 Å². The number of carbonyl (C=O) groups excluding carboxylic acids is 1. The highest BCUT2D eigenvalue weighted by atomic mass is 19.4. The molecule has 0 atom stereocenters. The smallest absolute Gasteiger partial charge is 0.303 e. The normalized spacial score (nSPS) is 16.5. The Morgan fingerprint density at radius 2 is 1.74 bits per heavy atom. The van der Waals surface area contributed by atoms with Crippen LogP contribution in [0.4, 0.5) is 13.2 Å². The fourth-order valence-corrected chi connectivity index (χ4v) is 2.93. The van der Waals surface area contributed by atoms with Crippen molar-refractivity contribution >= 4 is 5.78 Å². The fraction of sp³-hybridized carbons (Fsp3) is 0.556. The molecular weight excluding hydrogens is 303 g/mol. The molecule has 0 unspecified atom stereocenters. The van der Waals surface area contributed by atoms with Gasteiger partial charge in [-0.1, -0.05) is 24.6 Å². The molecular formula is C18H23F3NO. The van der Waals surface area contributed by atoms with Crippen molar-refractivity contribution in [3.8, 4) is 0 Å². The second kappa shape index (κ2) is 8.48. The van der Waals surface area contributed by atoms with Gasteiger partial charge in [-0.3, -0.25) is 4.79 Å². The number of hydrogen-bond acceptors (Lipinski definition) is 2. The van der Waals surface area contributed by atoms with E-state index in [2.05, 4.69) is 11.3 Å². The number of alkyl halides is 3. The van der Waals surface area contributed by atoms with Crippen LogP contribution in [0.25, 0.3) is 0 Å². The molecule has 1 fully saturated rings. The van der Waals surface area contributed by atoms with Crippen LogP contribution in [0.1, 0.15) is 54.4 Å². The lowest BCUT2D eigenvalue weighted by molar-refractivity contribution is -0.137. The summed E-state index contributed by atoms with van der Waals surface area (Å²) in [5.41, 5.74) is -1.03. The lowest BCUT2D eigenvalue weighted by Gasteiger charge is -2.26. The van der Waals surface area contributed by atoms with E-state index in [1.54, 1.807) is 0 Å². The van der Waals surface area contributed by atoms with Gasteiger partial charge in [0.05, 0.1) is 5.56 Å². The molecule has 0 aromatic heterocycles. The van der Waals surface area contributed by atoms with Crippen molar-refractivity contribution in [1.82, 2.24) is 4.90 Å². The number of hydrogen-bond donors (Lipinski definition) is 0. The predicted molar refractivity (Wildman–Crippen MR) is 84.2 cm³/mol. The molecule has 0 spiro atoms. The largest absolute Gasteiger partial charge is 0.417 e. The molecule has 127 valence electrons. The minimum Gasteiger partial charge on any atom is -0.303 e. The summed E-state index contributed by atoms with van der Waals surface area (Å²) in [7, 11) is 0. The topological polar surface area (TPSA) is 20.3 Å². The van der Waals surface area contributed by atoms with Crippen LogP contribution in [0.5, 0.6) is 0 Å². The molecule has 0 saturated carbocycles. The Balaban J connectivity index is 1.75. The van der Waals surface area contributed by atoms with Gasteiger partial charge in [-0.15, -0.1) is 0 Å². The molecule has 0 N–H and O–H groups in total. The summed E-state index contributed by atoms with van der Waals surface area (Å²) in [6.45, 7) is 3.21. The van der Waals surface area contributed by atoms with Crippen molar-refractivity contribution in [3.05, 3.63) is 41.8 Å². The van der Waals surface area contributed by atoms with Gasteiger partial charge in [0.2, 0.25) is 0 Å². The van der Waals surface area contributed by atoms with E-state index in [1.807, 2.05) is 0 Å². The van der Waals surface area contributed by atoms with Crippen molar-refractivity contribution in [2.24, 2.45) is 0 Å². The van der Waals surface area contributed by atoms with Gasteiger partial charge in [0, 0.05) is 12.0 Å². The molecule has 1 radical (unpaired) electrons. The second-order valence-corrected chi connectivity index (χ2v) is 5.98. The van der Waals surface area contributed by atoms with Crippen molar-refractivity contribution in [2.75, 3.05) is 19.6 Å². The van der Waals surface area contributed by atoms with Crippen molar-refractivity contribution in [2.45, 2.75) is 44.7 Å². The van der Waals surface area contributed by atoms with Gasteiger partial charge in [0.15, 0.2) is 5.78 Å². The molecule has 1 heterocycles. The van der Waals surface area contributed by atoms with Crippen LogP contribution in [0.3, 0.4) is 0 Å². The highest BCUT2D eigenvalue weighted by Crippen LogP contribution is 2.32. The maximum Gasteiger partial charge on any atom is 0.417 e. The lowest BCUT2D eigenvalue weighted by atomic mass is 9.99. The van der Waals surface area contributed by atoms with E-state index in [-0.39, 0.29) is 12.0 Å². The standard InChI is InChI=1S/C18H23F3NO/c19-18(20,21)16-10-5-4-9-15(16)17(23)11-3-1-6-12-22-13-7-2-8-14-22/h2,4-5,9-10H,1,3,6-8,11-14H2. The first-order chi connectivity index (χ1) is 11.0. The zero-order valence-corrected chi connectivity index (χ0v) is 13.2. The van der Waals surface area contributed by atoms with Gasteiger partial charge in [-0.05, 0) is 57.8 Å². The zero-order chi connectivity index (χ0) is 16.7. The van der Waals surface area contributed by atoms with E-state index < -0.39 is 17.5 Å². The molecule has 0 aliphatic carbocycles. The highest BCUT2D eigenvalue weighted by Gasteiger charge is 2.34. The zero-order valence-electron chi connectivity index (χ0n) is 13.2. The number of piperidine rings is 1. The molecule has 1 saturated heterocycles. The molecule has 2 nitrogen and oxygen atoms in total. The lowest BCUT2D eigenvalue weighted by Crippen LogP contribution is -2.30. The molecule has 0 bridgehead atoms. The molecule has 1 aromatic carbocycles. The van der Waals surface area contributed by atoms with Crippen molar-refractivity contribution in [3.63, 3.8) is 0 Å². The number of Topliss-reactive ketones (excluding diaryl/α,β-unsaturated/α-hetero) is 1. The third-order valence-electron chi connectivity index (χ3n) is 4.21. The third-order valence-corrected chi connectivity index (χ3v) is 4.21. The number of benzene rings is 1. The van der Waals surface area contributed by atoms with Crippen LogP contribution in [-0.2, 0) is 6.18 Å². The maximum absolute atomic E-state index is 12.9. The van der Waals surface area contributed by atoms with E-state index in [1.165, 1.54) is 18.2 Å². The van der Waals surface area contributed by atoms with Crippen LogP contribution < -0.4 is 0 Å². The summed E-state index contributed by atoms with van der Waals surface area (Å²) in [5, 5.41) is 0. The van der Waals surface area contributed by atoms with Crippen molar-refractivity contribution < 1.29 is 18.0 Å². The first kappa shape index (κ1) is 18.0. The van der Waals surface area contributed by atoms with Gasteiger partial charge < -0.3 is 4.90 Å². The number of nitrogens with zero attached hydrogens (tertiary/aromatic N) is 1. The van der Waals surface area contributed by atoms with E-state index in [9.17, 15) is 18.0 Å². The first-order valence-electron chi connectivity index (χ1n) is 8.22. The molecule has 1 aromatic rings. The Bertz CT molecular complexity index is 507. The molecule has 5 heteroatoms. The molecule has 0 amide bonds. The Morgan fingerprint density at radius 3 is 2.43 bits per heavy atom. The molecule has 23 heavy (non-hydrogen) atoms. The third kappa shape index (κ3) is 5.65. The number of ketones is 1. The van der Waals surface area contributed by atoms with Crippen LogP contribution in [0.15, 0.2) is 24.3 Å². The average Bonchev–Trinajstić information content (AvgIpc) is 2.54. The first-order valence-corrected chi connectivity index (χ1v) is 8.22. The fourth-order valence-electron chi connectivity index (χ4n) is 2.93. The number of rotatable bonds is 7. The number of halogens is 3. The summed E-state index contributed by atoms with van der Waals surface area (Å²) in [6.07, 6.45) is 2.78. The Morgan fingerprint density at radius 1 is 1.04 bits per heavy atom. The quantitative estimate of drug-likeness (QED) is 0.532. The number of likely N-dealkylation sites (tertiary alicyclic amines) is 1. The van der Waals surface area contributed by atoms with Crippen LogP contribution >= 0.6 is 0 Å². The van der Waals surface area contributed by atoms with Crippen LogP contribution in [0, 0.1) is 6.42 Å². The van der Waals surface area contributed by atoms with E-state index in [0.717, 1.165) is 51.4 Å². The maximum atomic E-state index is 12.9. The Kier molecular flexibility index (Phi) is 6.63. The average molecular weight is 326 g/mol. The summed E-state index contributed by atoms with van der Waals surface area (Å²) in [4.78, 5) is 14.5. The predicted octanol–water partition coefficient (Wildman–Crippen LogP) is 4.75. The van der Waals surface area contributed by atoms with Crippen LogP contribution in [0.2, 0.25) is 0 Å². The Labute approximate surface area is 135 Å². The van der Waals surface area contributed by atoms with Gasteiger partial charge in [0.25, 0.3) is 0 Å². The summed E-state index contributed by atoms with van der Waals surface area (Å²) in [6, 6.07) is 5.04. The van der Waals surface area contributed by atoms with E-state index in [0.29, 0.717) is 6.42 Å². The highest BCUT2D eigenvalue weighted by molar-refractivity contribution is 5.97. The van der Waals surface area contributed by atoms with E-state index >= 15 is 0 Å². The molecule has 1 aliphatic rings. The van der Waals surface area contributed by atoms with Gasteiger partial charge in [-0.25, -0.2) is 0 Å². The van der Waals surface area contributed by atoms with Gasteiger partial charge >= 0.3 is 6.18 Å². The second-order valence-electron chi connectivity index (χ2n) is 5.98. The Hall–Kier alpha value is -1.36. The van der Waals surface area contributed by atoms with E-state index in [4.69, 9.17) is 0 Å². The molecule has 2 rings (SSSR count). The summed E-state index contributed by atoms with van der Waals surface area (Å²) < 4.78 is 38.7. The van der Waals surface area contributed by atoms with Gasteiger partial charge in [0.1, 0.15) is 0 Å². The number of unbranched alkanes of at least 4 members (excludes halogenated alkanes) is 2. The minimum atomic E-state index is -4.47. The van der Waals surface area contributed by atoms with Crippen molar-refractivity contribution in [1.29, 1.82) is 0 Å². The number of carbonyl (C=O) groups is 1. The summed E-state index contributed by atoms with van der Waals surface area (Å²) >= 11 is 0. The monoisotopic (exact) mass is 326 g/mol.